The third kappa shape index (κ3) is 175. The molecular weight excluding hydrogens is 331 g/mol. The predicted molar refractivity (Wildman–Crippen MR) is 19.6 cm³/mol. The summed E-state index contributed by atoms with van der Waals surface area (Å²) in [6.07, 6.45) is 0. The number of rotatable bonds is 0. The monoisotopic (exact) mass is 338 g/mol. The molecule has 0 unspecified atom stereocenters. The molecule has 0 aromatic rings. The molecule has 0 saturated carbocycles. The van der Waals surface area contributed by atoms with Gasteiger partial charge in [-0.25, -0.2) is 10.6 Å². The van der Waals surface area contributed by atoms with E-state index in [4.69, 9.17) is 22.5 Å². The molecule has 0 atom stereocenters. The quantitative estimate of drug-likeness (QED) is 0.342. The van der Waals surface area contributed by atoms with Crippen LogP contribution in [0.25, 0.3) is 0 Å². The number of halogens is 6. The van der Waals surface area contributed by atoms with Crippen molar-refractivity contribution in [3.8, 4) is 0 Å². The van der Waals surface area contributed by atoms with E-state index in [0.717, 1.165) is 0 Å². The predicted octanol–water partition coefficient (Wildman–Crippen LogP) is -5.55. The summed E-state index contributed by atoms with van der Waals surface area (Å²) in [5, 5.41) is 11.0. The van der Waals surface area contributed by atoms with E-state index in [1.807, 2.05) is 0 Å². The Balaban J connectivity index is -0.000000000833. The van der Waals surface area contributed by atoms with Gasteiger partial charge in [0.25, 0.3) is 0 Å². The number of hydrogen-bond acceptors (Lipinski definition) is 3. The first-order valence-electron chi connectivity index (χ1n) is 0.542. The molecule has 0 radical (unpaired) electrons. The third-order valence-corrected chi connectivity index (χ3v) is 0. The molecule has 0 aromatic carbocycles. The van der Waals surface area contributed by atoms with Crippen LogP contribution >= 0.6 is 0 Å². The standard InChI is InChI=1S/2FHO.4FH.2K.O.Zr.2H/c2*1-2;;;;;;;;;;/h2*2H;4*1H;;;;;;/q;;;;;;2*+1;;;2*-1. The van der Waals surface area contributed by atoms with Gasteiger partial charge in [-0.05, 0) is 0 Å². The Hall–Kier alpha value is 3.46. The van der Waals surface area contributed by atoms with Gasteiger partial charge in [0, 0.05) is 0 Å². The van der Waals surface area contributed by atoms with Gasteiger partial charge >= 0.3 is 130 Å². The van der Waals surface area contributed by atoms with Crippen LogP contribution in [-0.2, 0) is 27.5 Å². The molecule has 0 spiro atoms. The van der Waals surface area contributed by atoms with Crippen LogP contribution in [0.2, 0.25) is 0 Å². The van der Waals surface area contributed by atoms with E-state index in [9.17, 15) is 0 Å². The van der Waals surface area contributed by atoms with Gasteiger partial charge in [-0.15, -0.1) is 0 Å². The van der Waals surface area contributed by atoms with Crippen LogP contribution in [-0.4, -0.2) is 10.6 Å². The van der Waals surface area contributed by atoms with E-state index >= 15 is 0 Å². The molecule has 12 heteroatoms. The normalized spacial score (nSPS) is 1.25. The second-order valence-electron chi connectivity index (χ2n) is 0. The summed E-state index contributed by atoms with van der Waals surface area (Å²) in [6, 6.07) is 0. The Morgan fingerprint density at radius 2 is 0.750 bits per heavy atom. The van der Waals surface area contributed by atoms with Crippen molar-refractivity contribution >= 4 is 0 Å². The molecule has 0 bridgehead atoms. The van der Waals surface area contributed by atoms with Gasteiger partial charge in [0.1, 0.15) is 0 Å². The first-order chi connectivity index (χ1) is 3.00. The molecule has 0 fully saturated rings. The van der Waals surface area contributed by atoms with Crippen LogP contribution in [0.15, 0.2) is 0 Å². The fourth-order valence-electron chi connectivity index (χ4n) is 0. The minimum absolute atomic E-state index is 0. The molecule has 0 aromatic heterocycles. The Kier molecular flexibility index (Phi) is 1420. The molecule has 0 aliphatic carbocycles. The average molecular weight is 339 g/mol. The van der Waals surface area contributed by atoms with Crippen LogP contribution < -0.4 is 103 Å². The zero-order valence-electron chi connectivity index (χ0n) is 8.19. The Morgan fingerprint density at radius 1 is 0.750 bits per heavy atom. The molecule has 0 aliphatic heterocycles. The van der Waals surface area contributed by atoms with Crippen molar-refractivity contribution in [2.45, 2.75) is 0 Å². The Bertz CT molecular complexity index is 29.0. The van der Waals surface area contributed by atoms with E-state index in [1.165, 1.54) is 0 Å². The second-order valence-corrected chi connectivity index (χ2v) is 0. The van der Waals surface area contributed by atoms with Gasteiger partial charge in [0.05, 0.1) is 0 Å². The van der Waals surface area contributed by atoms with Gasteiger partial charge < -0.3 is 2.85 Å². The molecule has 0 saturated heterocycles. The van der Waals surface area contributed by atoms with E-state index < -0.39 is 0 Å². The van der Waals surface area contributed by atoms with Crippen molar-refractivity contribution in [2.24, 2.45) is 0 Å². The summed E-state index contributed by atoms with van der Waals surface area (Å²) in [4.78, 5) is 0. The van der Waals surface area contributed by atoms with E-state index in [2.05, 4.69) is 0 Å². The average Bonchev–Trinajstić information content (AvgIpc) is 1.81. The van der Waals surface area contributed by atoms with E-state index in [0.29, 0.717) is 24.7 Å². The van der Waals surface area contributed by atoms with Crippen LogP contribution in [0.1, 0.15) is 2.85 Å². The summed E-state index contributed by atoms with van der Waals surface area (Å²) in [5.41, 5.74) is 0. The SMILES string of the molecule is F.F.F.F.OF.OF.[H-].[H-].[K+].[K+].[O]=[Zr]. The third-order valence-electron chi connectivity index (χ3n) is 0. The number of hydrogen-bond donors (Lipinski definition) is 2. The van der Waals surface area contributed by atoms with Crippen LogP contribution in [0, 0.1) is 0 Å². The molecule has 0 rings (SSSR count). The second kappa shape index (κ2) is 219. The van der Waals surface area contributed by atoms with Gasteiger partial charge in [-0.2, -0.15) is 0 Å². The van der Waals surface area contributed by atoms with Crippen molar-refractivity contribution in [3.05, 3.63) is 0 Å². The molecule has 2 N–H and O–H groups in total. The molecule has 3 nitrogen and oxygen atoms in total. The van der Waals surface area contributed by atoms with Crippen molar-refractivity contribution < 1.29 is 172 Å². The fraction of sp³-hybridized carbons (Fsp3) is 0. The molecule has 0 heterocycles. The minimum atomic E-state index is 0. The Morgan fingerprint density at radius 3 is 0.750 bits per heavy atom. The van der Waals surface area contributed by atoms with Crippen LogP contribution in [0.3, 0.4) is 0 Å². The summed E-state index contributed by atoms with van der Waals surface area (Å²) in [6.45, 7) is 0. The maximum absolute atomic E-state index is 8.50. The van der Waals surface area contributed by atoms with Crippen molar-refractivity contribution in [2.75, 3.05) is 0 Å². The molecule has 0 amide bonds. The molecule has 74 valence electrons. The van der Waals surface area contributed by atoms with Gasteiger partial charge in [-0.3, -0.25) is 18.8 Å². The topological polar surface area (TPSA) is 57.5 Å². The van der Waals surface area contributed by atoms with Gasteiger partial charge in [-0.1, -0.05) is 9.05 Å². The molecule has 12 heavy (non-hydrogen) atoms. The Labute approximate surface area is 167 Å². The zero-order valence-corrected chi connectivity index (χ0v) is 14.9. The zero-order chi connectivity index (χ0) is 6.00. The summed E-state index contributed by atoms with van der Waals surface area (Å²) in [5.74, 6) is 0. The van der Waals surface area contributed by atoms with E-state index in [-0.39, 0.29) is 124 Å². The van der Waals surface area contributed by atoms with Crippen molar-refractivity contribution in [3.63, 3.8) is 0 Å². The molecule has 0 aliphatic rings. The summed E-state index contributed by atoms with van der Waals surface area (Å²) < 4.78 is 25.3. The van der Waals surface area contributed by atoms with E-state index in [1.54, 1.807) is 0 Å². The summed E-state index contributed by atoms with van der Waals surface area (Å²) in [7, 11) is 0. The summed E-state index contributed by atoms with van der Waals surface area (Å²) >= 11 is 0.300. The molecular formula is H8F6K2O3Zr. The van der Waals surface area contributed by atoms with Gasteiger partial charge in [0.15, 0.2) is 0 Å². The van der Waals surface area contributed by atoms with Crippen molar-refractivity contribution in [1.82, 2.24) is 0 Å². The van der Waals surface area contributed by atoms with Crippen LogP contribution in [0.4, 0.5) is 27.9 Å². The van der Waals surface area contributed by atoms with Crippen LogP contribution in [0.5, 0.6) is 0 Å². The maximum atomic E-state index is 8.50. The van der Waals surface area contributed by atoms with Crippen molar-refractivity contribution in [1.29, 1.82) is 0 Å². The fourth-order valence-corrected chi connectivity index (χ4v) is 0. The first kappa shape index (κ1) is 77.5. The first-order valence-corrected chi connectivity index (χ1v) is 1.55. The van der Waals surface area contributed by atoms with Gasteiger partial charge in [0.2, 0.25) is 0 Å².